The van der Waals surface area contributed by atoms with Gasteiger partial charge in [0.05, 0.1) is 24.4 Å². The Morgan fingerprint density at radius 3 is 2.55 bits per heavy atom. The van der Waals surface area contributed by atoms with Gasteiger partial charge in [-0.1, -0.05) is 23.7 Å². The Kier molecular flexibility index (Phi) is 3.79. The number of hydrogen-bond acceptors (Lipinski definition) is 3. The molecular weight excluding hydrogens is 300 g/mol. The van der Waals surface area contributed by atoms with Crippen molar-refractivity contribution in [2.75, 3.05) is 12.4 Å². The monoisotopic (exact) mass is 316 g/mol. The molecule has 2 aromatic rings. The molecular formula is C17H17ClN2O2. The van der Waals surface area contributed by atoms with Gasteiger partial charge in [0.1, 0.15) is 0 Å². The van der Waals surface area contributed by atoms with Gasteiger partial charge in [-0.25, -0.2) is 4.98 Å². The second kappa shape index (κ2) is 5.61. The molecule has 22 heavy (non-hydrogen) atoms. The van der Waals surface area contributed by atoms with Crippen molar-refractivity contribution in [3.63, 3.8) is 0 Å². The first kappa shape index (κ1) is 14.9. The minimum atomic E-state index is -0.434. The van der Waals surface area contributed by atoms with Crippen LogP contribution in [0.2, 0.25) is 5.02 Å². The molecule has 0 bridgehead atoms. The van der Waals surface area contributed by atoms with E-state index in [1.54, 1.807) is 19.4 Å². The molecule has 1 saturated carbocycles. The van der Waals surface area contributed by atoms with Crippen molar-refractivity contribution in [2.45, 2.75) is 25.2 Å². The molecule has 0 saturated heterocycles. The quantitative estimate of drug-likeness (QED) is 0.935. The smallest absolute Gasteiger partial charge is 0.235 e. The number of amides is 1. The standard InChI is InChI=1S/C17H17ClN2O2/c1-11-9-15(22-2)19-10-14(11)20-16(21)17(7-8-17)12-3-5-13(18)6-4-12/h3-6,9-10H,7-8H2,1-2H3,(H,20,21). The zero-order chi connectivity index (χ0) is 15.7. The highest BCUT2D eigenvalue weighted by molar-refractivity contribution is 6.30. The number of nitrogens with one attached hydrogen (secondary N) is 1. The Morgan fingerprint density at radius 1 is 1.32 bits per heavy atom. The minimum Gasteiger partial charge on any atom is -0.481 e. The van der Waals surface area contributed by atoms with E-state index in [0.29, 0.717) is 16.6 Å². The number of aryl methyl sites for hydroxylation is 1. The number of ether oxygens (including phenoxy) is 1. The topological polar surface area (TPSA) is 51.2 Å². The Morgan fingerprint density at radius 2 is 2.00 bits per heavy atom. The van der Waals surface area contributed by atoms with Gasteiger partial charge in [-0.3, -0.25) is 4.79 Å². The van der Waals surface area contributed by atoms with Gasteiger partial charge in [0.15, 0.2) is 0 Å². The second-order valence-corrected chi connectivity index (χ2v) is 6.02. The Balaban J connectivity index is 1.81. The van der Waals surface area contributed by atoms with E-state index in [9.17, 15) is 4.79 Å². The Labute approximate surface area is 134 Å². The summed E-state index contributed by atoms with van der Waals surface area (Å²) in [6.45, 7) is 1.92. The molecule has 0 unspecified atom stereocenters. The van der Waals surface area contributed by atoms with Crippen molar-refractivity contribution in [1.29, 1.82) is 0 Å². The molecule has 0 radical (unpaired) electrons. The second-order valence-electron chi connectivity index (χ2n) is 5.58. The predicted molar refractivity (Wildman–Crippen MR) is 86.5 cm³/mol. The van der Waals surface area contributed by atoms with Gasteiger partial charge in [-0.15, -0.1) is 0 Å². The molecule has 5 heteroatoms. The van der Waals surface area contributed by atoms with Gasteiger partial charge in [0.2, 0.25) is 11.8 Å². The van der Waals surface area contributed by atoms with Crippen molar-refractivity contribution in [3.05, 3.63) is 52.7 Å². The number of pyridine rings is 1. The van der Waals surface area contributed by atoms with E-state index < -0.39 is 5.41 Å². The molecule has 0 atom stereocenters. The number of rotatable bonds is 4. The van der Waals surface area contributed by atoms with E-state index >= 15 is 0 Å². The minimum absolute atomic E-state index is 0.00453. The number of methoxy groups -OCH3 is 1. The molecule has 4 nitrogen and oxygen atoms in total. The first-order valence-corrected chi connectivity index (χ1v) is 7.51. The number of anilines is 1. The van der Waals surface area contributed by atoms with Crippen LogP contribution in [0.1, 0.15) is 24.0 Å². The maximum Gasteiger partial charge on any atom is 0.235 e. The molecule has 1 aromatic heterocycles. The molecule has 1 aliphatic carbocycles. The lowest BCUT2D eigenvalue weighted by atomic mass is 9.95. The molecule has 114 valence electrons. The summed E-state index contributed by atoms with van der Waals surface area (Å²) in [5.74, 6) is 0.541. The van der Waals surface area contributed by atoms with Crippen LogP contribution in [0.3, 0.4) is 0 Å². The first-order chi connectivity index (χ1) is 10.5. The van der Waals surface area contributed by atoms with E-state index in [1.807, 2.05) is 31.2 Å². The van der Waals surface area contributed by atoms with Crippen molar-refractivity contribution in [1.82, 2.24) is 4.98 Å². The van der Waals surface area contributed by atoms with Crippen LogP contribution in [0.4, 0.5) is 5.69 Å². The number of nitrogens with zero attached hydrogens (tertiary/aromatic N) is 1. The molecule has 1 fully saturated rings. The van der Waals surface area contributed by atoms with Crippen molar-refractivity contribution >= 4 is 23.2 Å². The molecule has 1 N–H and O–H groups in total. The maximum absolute atomic E-state index is 12.7. The predicted octanol–water partition coefficient (Wildman–Crippen LogP) is 3.72. The van der Waals surface area contributed by atoms with Crippen LogP contribution in [0, 0.1) is 6.92 Å². The summed E-state index contributed by atoms with van der Waals surface area (Å²) in [7, 11) is 1.57. The molecule has 0 spiro atoms. The zero-order valence-electron chi connectivity index (χ0n) is 12.5. The van der Waals surface area contributed by atoms with Crippen LogP contribution in [0.25, 0.3) is 0 Å². The number of halogens is 1. The molecule has 1 aromatic carbocycles. The molecule has 1 heterocycles. The third-order valence-electron chi connectivity index (χ3n) is 4.12. The SMILES string of the molecule is COc1cc(C)c(NC(=O)C2(c3ccc(Cl)cc3)CC2)cn1. The van der Waals surface area contributed by atoms with Crippen molar-refractivity contribution < 1.29 is 9.53 Å². The zero-order valence-corrected chi connectivity index (χ0v) is 13.3. The molecule has 1 aliphatic rings. The van der Waals surface area contributed by atoms with Gasteiger partial charge < -0.3 is 10.1 Å². The fourth-order valence-electron chi connectivity index (χ4n) is 2.56. The summed E-state index contributed by atoms with van der Waals surface area (Å²) in [5, 5.41) is 3.66. The third-order valence-corrected chi connectivity index (χ3v) is 4.38. The van der Waals surface area contributed by atoms with Gasteiger partial charge in [-0.05, 0) is 43.0 Å². The Bertz CT molecular complexity index is 709. The van der Waals surface area contributed by atoms with Gasteiger partial charge in [0.25, 0.3) is 0 Å². The molecule has 0 aliphatic heterocycles. The van der Waals surface area contributed by atoms with Gasteiger partial charge in [-0.2, -0.15) is 0 Å². The number of aromatic nitrogens is 1. The number of carbonyl (C=O) groups excluding carboxylic acids is 1. The molecule has 3 rings (SSSR count). The Hall–Kier alpha value is -2.07. The van der Waals surface area contributed by atoms with Crippen molar-refractivity contribution in [2.24, 2.45) is 0 Å². The molecule has 1 amide bonds. The summed E-state index contributed by atoms with van der Waals surface area (Å²) in [5.41, 5.74) is 2.21. The third kappa shape index (κ3) is 2.66. The van der Waals surface area contributed by atoms with E-state index in [1.165, 1.54) is 0 Å². The van der Waals surface area contributed by atoms with E-state index in [4.69, 9.17) is 16.3 Å². The van der Waals surface area contributed by atoms with Crippen LogP contribution in [0.5, 0.6) is 5.88 Å². The first-order valence-electron chi connectivity index (χ1n) is 7.13. The summed E-state index contributed by atoms with van der Waals surface area (Å²) < 4.78 is 5.08. The van der Waals surface area contributed by atoms with Crippen LogP contribution < -0.4 is 10.1 Å². The van der Waals surface area contributed by atoms with Crippen molar-refractivity contribution in [3.8, 4) is 5.88 Å². The maximum atomic E-state index is 12.7. The number of carbonyl (C=O) groups is 1. The summed E-state index contributed by atoms with van der Waals surface area (Å²) in [6.07, 6.45) is 3.33. The van der Waals surface area contributed by atoms with Crippen LogP contribution in [-0.4, -0.2) is 18.0 Å². The normalized spacial score (nSPS) is 15.2. The average molecular weight is 317 g/mol. The fourth-order valence-corrected chi connectivity index (χ4v) is 2.68. The lowest BCUT2D eigenvalue weighted by Gasteiger charge is -2.17. The lowest BCUT2D eigenvalue weighted by molar-refractivity contribution is -0.118. The highest BCUT2D eigenvalue weighted by Gasteiger charge is 2.51. The highest BCUT2D eigenvalue weighted by atomic mass is 35.5. The van der Waals surface area contributed by atoms with E-state index in [0.717, 1.165) is 24.0 Å². The summed E-state index contributed by atoms with van der Waals surface area (Å²) in [4.78, 5) is 16.8. The van der Waals surface area contributed by atoms with E-state index in [-0.39, 0.29) is 5.91 Å². The van der Waals surface area contributed by atoms with Crippen LogP contribution in [0.15, 0.2) is 36.5 Å². The average Bonchev–Trinajstić information content (AvgIpc) is 3.31. The van der Waals surface area contributed by atoms with Crippen LogP contribution >= 0.6 is 11.6 Å². The van der Waals surface area contributed by atoms with E-state index in [2.05, 4.69) is 10.3 Å². The van der Waals surface area contributed by atoms with Gasteiger partial charge >= 0.3 is 0 Å². The van der Waals surface area contributed by atoms with Crippen LogP contribution in [-0.2, 0) is 10.2 Å². The largest absolute Gasteiger partial charge is 0.481 e. The number of hydrogen-bond donors (Lipinski definition) is 1. The highest BCUT2D eigenvalue weighted by Crippen LogP contribution is 2.49. The summed E-state index contributed by atoms with van der Waals surface area (Å²) in [6, 6.07) is 9.30. The van der Waals surface area contributed by atoms with Gasteiger partial charge in [0, 0.05) is 11.1 Å². The summed E-state index contributed by atoms with van der Waals surface area (Å²) >= 11 is 5.92. The lowest BCUT2D eigenvalue weighted by Crippen LogP contribution is -2.28. The number of benzene rings is 1. The fraction of sp³-hybridized carbons (Fsp3) is 0.294.